The minimum absolute atomic E-state index is 0.0512. The van der Waals surface area contributed by atoms with Crippen molar-refractivity contribution in [3.8, 4) is 0 Å². The zero-order valence-electron chi connectivity index (χ0n) is 11.0. The Labute approximate surface area is 115 Å². The predicted octanol–water partition coefficient (Wildman–Crippen LogP) is 2.26. The normalized spacial score (nSPS) is 10.7. The first-order valence-corrected chi connectivity index (χ1v) is 6.61. The summed E-state index contributed by atoms with van der Waals surface area (Å²) >= 11 is 1.43. The summed E-state index contributed by atoms with van der Waals surface area (Å²) in [5.74, 6) is -0.411. The number of carboxylic acid groups (broad SMARTS) is 1. The fourth-order valence-corrected chi connectivity index (χ4v) is 2.68. The second-order valence-electron chi connectivity index (χ2n) is 4.33. The van der Waals surface area contributed by atoms with Crippen LogP contribution in [0.25, 0.3) is 0 Å². The first-order chi connectivity index (χ1) is 8.82. The Morgan fingerprint density at radius 1 is 1.47 bits per heavy atom. The second kappa shape index (κ2) is 6.53. The molecule has 1 aromatic carbocycles. The predicted molar refractivity (Wildman–Crippen MR) is 74.1 cm³/mol. The Bertz CT molecular complexity index is 503. The molecule has 1 rings (SSSR count). The average Bonchev–Trinajstić information content (AvgIpc) is 2.30. The molecular weight excluding hydrogens is 268 g/mol. The van der Waals surface area contributed by atoms with Gasteiger partial charge in [-0.15, -0.1) is 11.8 Å². The largest absolute Gasteiger partial charge is 0.478 e. The van der Waals surface area contributed by atoms with E-state index in [1.807, 2.05) is 19.0 Å². The molecule has 0 heterocycles. The molecule has 1 N–H and O–H groups in total. The molecule has 7 heteroatoms. The number of carboxylic acids is 1. The van der Waals surface area contributed by atoms with Gasteiger partial charge in [-0.25, -0.2) is 4.79 Å². The third kappa shape index (κ3) is 4.22. The fourth-order valence-electron chi connectivity index (χ4n) is 1.47. The van der Waals surface area contributed by atoms with Crippen LogP contribution in [0, 0.1) is 17.0 Å². The summed E-state index contributed by atoms with van der Waals surface area (Å²) in [6, 6.07) is 2.60. The van der Waals surface area contributed by atoms with E-state index in [0.29, 0.717) is 10.5 Å². The maximum absolute atomic E-state index is 11.0. The number of nitrogens with zero attached hydrogens (tertiary/aromatic N) is 2. The second-order valence-corrected chi connectivity index (χ2v) is 5.47. The van der Waals surface area contributed by atoms with Gasteiger partial charge in [0, 0.05) is 28.8 Å². The zero-order valence-corrected chi connectivity index (χ0v) is 11.9. The molecule has 0 unspecified atom stereocenters. The number of thioether (sulfide) groups is 1. The maximum Gasteiger partial charge on any atom is 0.335 e. The lowest BCUT2D eigenvalue weighted by molar-refractivity contribution is -0.385. The van der Waals surface area contributed by atoms with Gasteiger partial charge in [-0.3, -0.25) is 10.1 Å². The number of hydrogen-bond acceptors (Lipinski definition) is 5. The van der Waals surface area contributed by atoms with Crippen molar-refractivity contribution in [2.75, 3.05) is 26.4 Å². The van der Waals surface area contributed by atoms with E-state index in [4.69, 9.17) is 5.11 Å². The molecule has 0 aromatic heterocycles. The van der Waals surface area contributed by atoms with E-state index in [0.717, 1.165) is 18.4 Å². The van der Waals surface area contributed by atoms with Crippen LogP contribution >= 0.6 is 11.8 Å². The van der Waals surface area contributed by atoms with Gasteiger partial charge in [0.1, 0.15) is 0 Å². The summed E-state index contributed by atoms with van der Waals surface area (Å²) in [6.45, 7) is 2.46. The lowest BCUT2D eigenvalue weighted by Gasteiger charge is -2.11. The van der Waals surface area contributed by atoms with Crippen molar-refractivity contribution in [2.24, 2.45) is 0 Å². The van der Waals surface area contributed by atoms with E-state index in [2.05, 4.69) is 0 Å². The van der Waals surface area contributed by atoms with E-state index in [1.54, 1.807) is 6.92 Å². The first-order valence-electron chi connectivity index (χ1n) is 5.62. The van der Waals surface area contributed by atoms with Gasteiger partial charge in [-0.05, 0) is 27.1 Å². The summed E-state index contributed by atoms with van der Waals surface area (Å²) in [7, 11) is 3.87. The number of carbonyl (C=O) groups is 1. The van der Waals surface area contributed by atoms with Crippen LogP contribution in [-0.4, -0.2) is 47.3 Å². The van der Waals surface area contributed by atoms with Crippen LogP contribution in [0.1, 0.15) is 15.9 Å². The van der Waals surface area contributed by atoms with Crippen molar-refractivity contribution in [1.29, 1.82) is 0 Å². The van der Waals surface area contributed by atoms with Crippen LogP contribution < -0.4 is 0 Å². The molecule has 1 aromatic rings. The highest BCUT2D eigenvalue weighted by molar-refractivity contribution is 7.99. The number of hydrogen-bond donors (Lipinski definition) is 1. The number of nitro groups is 1. The molecule has 0 amide bonds. The van der Waals surface area contributed by atoms with Gasteiger partial charge in [0.2, 0.25) is 0 Å². The topological polar surface area (TPSA) is 83.7 Å². The van der Waals surface area contributed by atoms with E-state index >= 15 is 0 Å². The van der Waals surface area contributed by atoms with Gasteiger partial charge in [0.15, 0.2) is 0 Å². The highest BCUT2D eigenvalue weighted by Gasteiger charge is 2.19. The highest BCUT2D eigenvalue weighted by atomic mass is 32.2. The Balaban J connectivity index is 3.07. The molecule has 0 spiro atoms. The number of rotatable bonds is 6. The molecule has 0 fully saturated rings. The lowest BCUT2D eigenvalue weighted by atomic mass is 10.1. The average molecular weight is 284 g/mol. The minimum atomic E-state index is -1.16. The van der Waals surface area contributed by atoms with Crippen LogP contribution in [0.5, 0.6) is 0 Å². The summed E-state index contributed by atoms with van der Waals surface area (Å²) in [4.78, 5) is 24.0. The van der Waals surface area contributed by atoms with Crippen molar-refractivity contribution in [3.63, 3.8) is 0 Å². The third-order valence-electron chi connectivity index (χ3n) is 2.57. The summed E-state index contributed by atoms with van der Waals surface area (Å²) < 4.78 is 0. The Kier molecular flexibility index (Phi) is 5.31. The molecule has 0 bridgehead atoms. The van der Waals surface area contributed by atoms with Gasteiger partial charge in [-0.2, -0.15) is 0 Å². The van der Waals surface area contributed by atoms with Crippen LogP contribution in [0.3, 0.4) is 0 Å². The van der Waals surface area contributed by atoms with Gasteiger partial charge in [-0.1, -0.05) is 0 Å². The van der Waals surface area contributed by atoms with Crippen molar-refractivity contribution in [3.05, 3.63) is 33.4 Å². The van der Waals surface area contributed by atoms with Crippen molar-refractivity contribution < 1.29 is 14.8 Å². The van der Waals surface area contributed by atoms with E-state index in [9.17, 15) is 14.9 Å². The molecule has 0 radical (unpaired) electrons. The molecule has 0 aliphatic carbocycles. The van der Waals surface area contributed by atoms with Crippen LogP contribution in [0.2, 0.25) is 0 Å². The van der Waals surface area contributed by atoms with Gasteiger partial charge in [0.05, 0.1) is 10.5 Å². The zero-order chi connectivity index (χ0) is 14.6. The summed E-state index contributed by atoms with van der Waals surface area (Å²) in [6.07, 6.45) is 0. The molecule has 0 saturated carbocycles. The van der Waals surface area contributed by atoms with Crippen molar-refractivity contribution >= 4 is 23.4 Å². The van der Waals surface area contributed by atoms with Gasteiger partial charge >= 0.3 is 5.97 Å². The third-order valence-corrected chi connectivity index (χ3v) is 3.69. The van der Waals surface area contributed by atoms with Crippen LogP contribution in [0.4, 0.5) is 5.69 Å². The number of benzene rings is 1. The van der Waals surface area contributed by atoms with Gasteiger partial charge in [0.25, 0.3) is 5.69 Å². The number of nitro benzene ring substituents is 1. The van der Waals surface area contributed by atoms with Crippen LogP contribution in [0.15, 0.2) is 17.0 Å². The first kappa shape index (κ1) is 15.5. The molecule has 0 saturated heterocycles. The molecule has 0 aliphatic heterocycles. The molecular formula is C12H16N2O4S. The van der Waals surface area contributed by atoms with Crippen molar-refractivity contribution in [1.82, 2.24) is 4.90 Å². The fraction of sp³-hybridized carbons (Fsp3) is 0.417. The molecule has 0 aliphatic rings. The molecule has 6 nitrogen and oxygen atoms in total. The van der Waals surface area contributed by atoms with E-state index in [-0.39, 0.29) is 11.3 Å². The van der Waals surface area contributed by atoms with Crippen molar-refractivity contribution in [2.45, 2.75) is 11.8 Å². The minimum Gasteiger partial charge on any atom is -0.478 e. The molecule has 0 atom stereocenters. The van der Waals surface area contributed by atoms with E-state index in [1.165, 1.54) is 17.8 Å². The molecule has 104 valence electrons. The Morgan fingerprint density at radius 3 is 2.58 bits per heavy atom. The smallest absolute Gasteiger partial charge is 0.335 e. The lowest BCUT2D eigenvalue weighted by Crippen LogP contribution is -2.14. The standard InChI is InChI=1S/C12H16N2O4S/c1-8-10(14(17)18)6-9(12(15)16)7-11(8)19-5-4-13(2)3/h6-7H,4-5H2,1-3H3,(H,15,16). The van der Waals surface area contributed by atoms with Gasteiger partial charge < -0.3 is 10.0 Å². The summed E-state index contributed by atoms with van der Waals surface area (Å²) in [5.41, 5.74) is 0.315. The SMILES string of the molecule is Cc1c(SCCN(C)C)cc(C(=O)O)cc1[N+](=O)[O-]. The van der Waals surface area contributed by atoms with Crippen LogP contribution in [-0.2, 0) is 0 Å². The monoisotopic (exact) mass is 284 g/mol. The van der Waals surface area contributed by atoms with E-state index < -0.39 is 10.9 Å². The Morgan fingerprint density at radius 2 is 2.11 bits per heavy atom. The maximum atomic E-state index is 11.0. The highest BCUT2D eigenvalue weighted by Crippen LogP contribution is 2.31. The Hall–Kier alpha value is -1.60. The summed E-state index contributed by atoms with van der Waals surface area (Å²) in [5, 5.41) is 19.9. The quantitative estimate of drug-likeness (QED) is 0.490. The number of aromatic carboxylic acids is 1. The molecule has 19 heavy (non-hydrogen) atoms.